The van der Waals surface area contributed by atoms with Gasteiger partial charge in [-0.25, -0.2) is 4.79 Å². The Hall–Kier alpha value is -2.53. The van der Waals surface area contributed by atoms with E-state index >= 15 is 0 Å². The number of carbonyl (C=O) groups excluding carboxylic acids is 2. The molecule has 6 heteroatoms. The lowest BCUT2D eigenvalue weighted by atomic mass is 9.95. The second-order valence-electron chi connectivity index (χ2n) is 6.81. The van der Waals surface area contributed by atoms with Crippen molar-refractivity contribution in [1.82, 2.24) is 10.2 Å². The zero-order valence-corrected chi connectivity index (χ0v) is 16.1. The molecule has 2 N–H and O–H groups in total. The average Bonchev–Trinajstić information content (AvgIpc) is 2.69. The lowest BCUT2D eigenvalue weighted by Crippen LogP contribution is -2.44. The number of para-hydroxylation sites is 1. The van der Waals surface area contributed by atoms with Gasteiger partial charge >= 0.3 is 6.03 Å². The van der Waals surface area contributed by atoms with Crippen molar-refractivity contribution in [3.63, 3.8) is 0 Å². The Morgan fingerprint density at radius 1 is 1.04 bits per heavy atom. The van der Waals surface area contributed by atoms with Crippen molar-refractivity contribution in [3.05, 3.63) is 65.2 Å². The van der Waals surface area contributed by atoms with Gasteiger partial charge in [0.1, 0.15) is 0 Å². The lowest BCUT2D eigenvalue weighted by molar-refractivity contribution is -0.126. The van der Waals surface area contributed by atoms with Crippen LogP contribution in [0.4, 0.5) is 10.5 Å². The molecule has 0 bridgehead atoms. The van der Waals surface area contributed by atoms with E-state index in [-0.39, 0.29) is 23.9 Å². The Bertz CT molecular complexity index is 789. The Morgan fingerprint density at radius 2 is 1.67 bits per heavy atom. The van der Waals surface area contributed by atoms with Crippen molar-refractivity contribution < 1.29 is 9.59 Å². The first-order valence-corrected chi connectivity index (χ1v) is 9.58. The van der Waals surface area contributed by atoms with Crippen LogP contribution in [-0.2, 0) is 4.79 Å². The number of nitrogens with zero attached hydrogens (tertiary/aromatic N) is 1. The van der Waals surface area contributed by atoms with Crippen LogP contribution < -0.4 is 10.6 Å². The summed E-state index contributed by atoms with van der Waals surface area (Å²) < 4.78 is 0. The van der Waals surface area contributed by atoms with Gasteiger partial charge in [-0.1, -0.05) is 48.0 Å². The Balaban J connectivity index is 1.49. The quantitative estimate of drug-likeness (QED) is 0.816. The summed E-state index contributed by atoms with van der Waals surface area (Å²) in [5, 5.41) is 6.59. The third kappa shape index (κ3) is 5.01. The first kappa shape index (κ1) is 19.2. The van der Waals surface area contributed by atoms with Crippen LogP contribution in [0.25, 0.3) is 0 Å². The molecule has 0 spiro atoms. The summed E-state index contributed by atoms with van der Waals surface area (Å²) in [6, 6.07) is 16.6. The molecule has 142 valence electrons. The van der Waals surface area contributed by atoms with Crippen LogP contribution in [0, 0.1) is 5.92 Å². The molecule has 5 nitrogen and oxygen atoms in total. The Morgan fingerprint density at radius 3 is 2.33 bits per heavy atom. The van der Waals surface area contributed by atoms with E-state index in [0.717, 1.165) is 11.3 Å². The van der Waals surface area contributed by atoms with Crippen LogP contribution in [-0.4, -0.2) is 29.9 Å². The molecule has 2 aromatic rings. The first-order chi connectivity index (χ1) is 13.0. The highest BCUT2D eigenvalue weighted by Gasteiger charge is 2.28. The molecule has 1 atom stereocenters. The minimum atomic E-state index is -0.148. The summed E-state index contributed by atoms with van der Waals surface area (Å²) in [6.45, 7) is 3.07. The number of nitrogens with one attached hydrogen (secondary N) is 2. The van der Waals surface area contributed by atoms with Gasteiger partial charge in [-0.2, -0.15) is 0 Å². The number of likely N-dealkylation sites (tertiary alicyclic amines) is 1. The molecule has 1 saturated heterocycles. The summed E-state index contributed by atoms with van der Waals surface area (Å²) in [5.41, 5.74) is 1.68. The van der Waals surface area contributed by atoms with Crippen molar-refractivity contribution in [2.75, 3.05) is 18.4 Å². The van der Waals surface area contributed by atoms with Crippen molar-refractivity contribution in [1.29, 1.82) is 0 Å². The highest BCUT2D eigenvalue weighted by atomic mass is 35.5. The maximum atomic E-state index is 12.6. The first-order valence-electron chi connectivity index (χ1n) is 9.20. The lowest BCUT2D eigenvalue weighted by Gasteiger charge is -2.32. The fraction of sp³-hybridized carbons (Fsp3) is 0.333. The van der Waals surface area contributed by atoms with Crippen LogP contribution in [0.15, 0.2) is 54.6 Å². The Kier molecular flexibility index (Phi) is 6.35. The van der Waals surface area contributed by atoms with Crippen molar-refractivity contribution >= 4 is 29.2 Å². The number of amides is 3. The summed E-state index contributed by atoms with van der Waals surface area (Å²) >= 11 is 6.21. The van der Waals surface area contributed by atoms with Gasteiger partial charge in [0.25, 0.3) is 0 Å². The van der Waals surface area contributed by atoms with Crippen LogP contribution >= 0.6 is 11.6 Å². The molecule has 0 aromatic heterocycles. The number of rotatable bonds is 4. The molecule has 1 aliphatic rings. The molecule has 3 amide bonds. The van der Waals surface area contributed by atoms with Crippen LogP contribution in [0.3, 0.4) is 0 Å². The van der Waals surface area contributed by atoms with Crippen LogP contribution in [0.1, 0.15) is 31.4 Å². The third-order valence-corrected chi connectivity index (χ3v) is 5.25. The largest absolute Gasteiger partial charge is 0.349 e. The second-order valence-corrected chi connectivity index (χ2v) is 7.22. The molecule has 0 saturated carbocycles. The molecular formula is C21H24ClN3O2. The monoisotopic (exact) mass is 385 g/mol. The highest BCUT2D eigenvalue weighted by molar-refractivity contribution is 6.31. The van der Waals surface area contributed by atoms with Gasteiger partial charge in [0.15, 0.2) is 0 Å². The zero-order valence-electron chi connectivity index (χ0n) is 15.3. The molecule has 0 unspecified atom stereocenters. The molecule has 0 radical (unpaired) electrons. The fourth-order valence-corrected chi connectivity index (χ4v) is 3.60. The number of carbonyl (C=O) groups is 2. The SMILES string of the molecule is C[C@@H](NC(=O)C1CCN(C(=O)Nc2ccccc2)CC1)c1ccccc1Cl. The van der Waals surface area contributed by atoms with Crippen molar-refractivity contribution in [2.24, 2.45) is 5.92 Å². The van der Waals surface area contributed by atoms with E-state index in [4.69, 9.17) is 11.6 Å². The van der Waals surface area contributed by atoms with E-state index in [1.165, 1.54) is 0 Å². The number of anilines is 1. The molecule has 3 rings (SSSR count). The van der Waals surface area contributed by atoms with Crippen LogP contribution in [0.2, 0.25) is 5.02 Å². The normalized spacial score (nSPS) is 15.9. The average molecular weight is 386 g/mol. The summed E-state index contributed by atoms with van der Waals surface area (Å²) in [6.07, 6.45) is 1.31. The topological polar surface area (TPSA) is 61.4 Å². The van der Waals surface area contributed by atoms with Gasteiger partial charge in [0, 0.05) is 29.7 Å². The third-order valence-electron chi connectivity index (χ3n) is 4.91. The van der Waals surface area contributed by atoms with E-state index in [0.29, 0.717) is 31.0 Å². The number of hydrogen-bond donors (Lipinski definition) is 2. The number of hydrogen-bond acceptors (Lipinski definition) is 2. The Labute approximate surface area is 164 Å². The maximum absolute atomic E-state index is 12.6. The van der Waals surface area contributed by atoms with E-state index in [9.17, 15) is 9.59 Å². The van der Waals surface area contributed by atoms with Gasteiger partial charge in [-0.15, -0.1) is 0 Å². The van der Waals surface area contributed by atoms with E-state index in [2.05, 4.69) is 10.6 Å². The molecule has 1 aliphatic heterocycles. The highest BCUT2D eigenvalue weighted by Crippen LogP contribution is 2.24. The smallest absolute Gasteiger partial charge is 0.321 e. The molecule has 1 fully saturated rings. The minimum absolute atomic E-state index is 0.0190. The zero-order chi connectivity index (χ0) is 19.2. The minimum Gasteiger partial charge on any atom is -0.349 e. The molecule has 27 heavy (non-hydrogen) atoms. The number of halogens is 1. The summed E-state index contributed by atoms with van der Waals surface area (Å²) in [7, 11) is 0. The standard InChI is InChI=1S/C21H24ClN3O2/c1-15(18-9-5-6-10-19(18)22)23-20(26)16-11-13-25(14-12-16)21(27)24-17-7-3-2-4-8-17/h2-10,15-16H,11-14H2,1H3,(H,23,26)(H,24,27)/t15-/m1/s1. The van der Waals surface area contributed by atoms with Gasteiger partial charge in [-0.3, -0.25) is 4.79 Å². The summed E-state index contributed by atoms with van der Waals surface area (Å²) in [4.78, 5) is 26.7. The molecular weight excluding hydrogens is 362 g/mol. The van der Waals surface area contributed by atoms with Gasteiger partial charge < -0.3 is 15.5 Å². The maximum Gasteiger partial charge on any atom is 0.321 e. The van der Waals surface area contributed by atoms with E-state index in [1.54, 1.807) is 4.90 Å². The van der Waals surface area contributed by atoms with E-state index < -0.39 is 0 Å². The number of benzene rings is 2. The predicted octanol–water partition coefficient (Wildman–Crippen LogP) is 4.46. The fourth-order valence-electron chi connectivity index (χ4n) is 3.30. The van der Waals surface area contributed by atoms with Gasteiger partial charge in [0.2, 0.25) is 5.91 Å². The van der Waals surface area contributed by atoms with Crippen molar-refractivity contribution in [2.45, 2.75) is 25.8 Å². The molecule has 0 aliphatic carbocycles. The number of urea groups is 1. The molecule has 2 aromatic carbocycles. The predicted molar refractivity (Wildman–Crippen MR) is 108 cm³/mol. The van der Waals surface area contributed by atoms with Gasteiger partial charge in [-0.05, 0) is 43.5 Å². The van der Waals surface area contributed by atoms with Gasteiger partial charge in [0.05, 0.1) is 6.04 Å². The molecule has 1 heterocycles. The van der Waals surface area contributed by atoms with E-state index in [1.807, 2.05) is 61.5 Å². The van der Waals surface area contributed by atoms with Crippen molar-refractivity contribution in [3.8, 4) is 0 Å². The number of piperidine rings is 1. The second kappa shape index (κ2) is 8.91. The van der Waals surface area contributed by atoms with Crippen LogP contribution in [0.5, 0.6) is 0 Å². The summed E-state index contributed by atoms with van der Waals surface area (Å²) in [5.74, 6) is -0.0683.